The Hall–Kier alpha value is -3.55. The van der Waals surface area contributed by atoms with Gasteiger partial charge in [0.15, 0.2) is 11.5 Å². The van der Waals surface area contributed by atoms with Crippen LogP contribution in [0.1, 0.15) is 36.0 Å². The van der Waals surface area contributed by atoms with Crippen LogP contribution in [0.4, 0.5) is 0 Å². The first kappa shape index (κ1) is 30.0. The van der Waals surface area contributed by atoms with Gasteiger partial charge < -0.3 is 49.6 Å². The molecule has 2 aromatic rings. The van der Waals surface area contributed by atoms with Crippen molar-refractivity contribution in [3.63, 3.8) is 0 Å². The van der Waals surface area contributed by atoms with Crippen LogP contribution >= 0.6 is 0 Å². The van der Waals surface area contributed by atoms with E-state index in [1.54, 1.807) is 24.3 Å². The van der Waals surface area contributed by atoms with E-state index in [9.17, 15) is 45.0 Å². The van der Waals surface area contributed by atoms with Crippen LogP contribution in [0.25, 0.3) is 0 Å². The maximum Gasteiger partial charge on any atom is 0.229 e. The molecule has 1 heterocycles. The van der Waals surface area contributed by atoms with Crippen molar-refractivity contribution in [3.8, 4) is 17.2 Å². The van der Waals surface area contributed by atoms with Gasteiger partial charge in [0.2, 0.25) is 6.29 Å². The molecule has 1 saturated heterocycles. The molecule has 0 aromatic heterocycles. The average Bonchev–Trinajstić information content (AvgIpc) is 2.91. The number of aliphatic hydroxyl groups excluding tert-OH is 4. The Balaban J connectivity index is 1.53. The fourth-order valence-electron chi connectivity index (χ4n) is 4.12. The normalized spacial score (nSPS) is 22.7. The van der Waals surface area contributed by atoms with E-state index in [2.05, 4.69) is 0 Å². The zero-order chi connectivity index (χ0) is 28.7. The number of aryl methyl sites for hydroxylation is 2. The monoisotopic (exact) mass is 547 g/mol. The van der Waals surface area contributed by atoms with Crippen molar-refractivity contribution in [2.24, 2.45) is 0 Å². The summed E-state index contributed by atoms with van der Waals surface area (Å²) < 4.78 is 15.8. The van der Waals surface area contributed by atoms with Crippen LogP contribution < -0.4 is 14.6 Å². The number of phenols is 1. The molecule has 0 saturated carbocycles. The topological polar surface area (TPSA) is 203 Å². The molecule has 5 atom stereocenters. The predicted octanol–water partition coefficient (Wildman–Crippen LogP) is -1.08. The maximum atomic E-state index is 12.4. The number of carboxylic acid groups (broad SMARTS) is 1. The Kier molecular flexibility index (Phi) is 10.4. The van der Waals surface area contributed by atoms with E-state index >= 15 is 0 Å². The van der Waals surface area contributed by atoms with Gasteiger partial charge in [0.25, 0.3) is 0 Å². The quantitative estimate of drug-likeness (QED) is 0.190. The third kappa shape index (κ3) is 7.74. The van der Waals surface area contributed by atoms with Crippen LogP contribution in [0.5, 0.6) is 17.2 Å². The third-order valence-electron chi connectivity index (χ3n) is 6.37. The summed E-state index contributed by atoms with van der Waals surface area (Å²) in [7, 11) is 1.34. The molecule has 12 heteroatoms. The van der Waals surface area contributed by atoms with Gasteiger partial charge in [-0.05, 0) is 48.2 Å². The summed E-state index contributed by atoms with van der Waals surface area (Å²) >= 11 is 0. The SMILES string of the molecule is COc1cc(CCC(=O)CC(=O)CCc2ccc(O)c(CO)c2)ccc1OC1OC(C(=O)[O-])C(O)C(O)C1O. The molecule has 0 bridgehead atoms. The standard InChI is InChI=1S/C27H32O12/c1-37-21-11-15(5-9-20(21)38-27-24(34)22(32)23(33)25(39-27)26(35)36)3-7-18(30)12-17(29)6-2-14-4-8-19(31)16(10-14)13-28/h4-5,8-11,22-25,27-28,31-34H,2-3,6-7,12-13H2,1H3,(H,35,36)/p-1. The molecule has 1 fully saturated rings. The third-order valence-corrected chi connectivity index (χ3v) is 6.37. The van der Waals surface area contributed by atoms with E-state index in [-0.39, 0.29) is 54.7 Å². The highest BCUT2D eigenvalue weighted by Gasteiger charge is 2.45. The van der Waals surface area contributed by atoms with Gasteiger partial charge >= 0.3 is 0 Å². The van der Waals surface area contributed by atoms with Crippen molar-refractivity contribution in [2.45, 2.75) is 69.4 Å². The van der Waals surface area contributed by atoms with E-state index in [1.807, 2.05) is 0 Å². The molecule has 3 rings (SSSR count). The van der Waals surface area contributed by atoms with Gasteiger partial charge in [-0.1, -0.05) is 12.1 Å². The van der Waals surface area contributed by atoms with E-state index in [4.69, 9.17) is 14.2 Å². The van der Waals surface area contributed by atoms with Gasteiger partial charge in [-0.3, -0.25) is 9.59 Å². The lowest BCUT2D eigenvalue weighted by atomic mass is 9.99. The highest BCUT2D eigenvalue weighted by molar-refractivity contribution is 5.99. The molecule has 12 nitrogen and oxygen atoms in total. The molecule has 5 N–H and O–H groups in total. The number of carbonyl (C=O) groups is 3. The Morgan fingerprint density at radius 1 is 0.897 bits per heavy atom. The van der Waals surface area contributed by atoms with E-state index in [0.29, 0.717) is 24.0 Å². The zero-order valence-corrected chi connectivity index (χ0v) is 21.2. The lowest BCUT2D eigenvalue weighted by molar-refractivity contribution is -0.342. The summed E-state index contributed by atoms with van der Waals surface area (Å²) in [5, 5.41) is 59.9. The summed E-state index contributed by atoms with van der Waals surface area (Å²) in [6.07, 6.45) is -8.43. The van der Waals surface area contributed by atoms with Crippen molar-refractivity contribution < 1.29 is 59.2 Å². The minimum atomic E-state index is -1.92. The highest BCUT2D eigenvalue weighted by Crippen LogP contribution is 2.32. The van der Waals surface area contributed by atoms with Crippen LogP contribution in [-0.2, 0) is 38.6 Å². The molecule has 5 unspecified atom stereocenters. The summed E-state index contributed by atoms with van der Waals surface area (Å²) in [5.41, 5.74) is 1.80. The zero-order valence-electron chi connectivity index (χ0n) is 21.2. The molecular formula is C27H31O12-. The van der Waals surface area contributed by atoms with Gasteiger partial charge in [-0.15, -0.1) is 0 Å². The summed E-state index contributed by atoms with van der Waals surface area (Å²) in [6, 6.07) is 9.32. The number of carboxylic acids is 1. The highest BCUT2D eigenvalue weighted by atomic mass is 16.7. The van der Waals surface area contributed by atoms with Crippen LogP contribution in [-0.4, -0.2) is 80.9 Å². The van der Waals surface area contributed by atoms with Crippen molar-refractivity contribution in [3.05, 3.63) is 53.1 Å². The number of carbonyl (C=O) groups excluding carboxylic acids is 3. The van der Waals surface area contributed by atoms with Crippen molar-refractivity contribution in [2.75, 3.05) is 7.11 Å². The molecule has 0 amide bonds. The number of ketones is 2. The number of hydrogen-bond donors (Lipinski definition) is 5. The summed E-state index contributed by atoms with van der Waals surface area (Å²) in [4.78, 5) is 35.8. The van der Waals surface area contributed by atoms with Gasteiger partial charge in [0, 0.05) is 18.4 Å². The van der Waals surface area contributed by atoms with Crippen molar-refractivity contribution in [1.82, 2.24) is 0 Å². The van der Waals surface area contributed by atoms with Crippen LogP contribution in [0.15, 0.2) is 36.4 Å². The molecule has 0 spiro atoms. The molecule has 0 aliphatic carbocycles. The fraction of sp³-hybridized carbons (Fsp3) is 0.444. The van der Waals surface area contributed by atoms with E-state index < -0.39 is 36.7 Å². The second-order valence-corrected chi connectivity index (χ2v) is 9.19. The fourth-order valence-corrected chi connectivity index (χ4v) is 4.12. The van der Waals surface area contributed by atoms with Crippen molar-refractivity contribution in [1.29, 1.82) is 0 Å². The Labute approximate surface area is 224 Å². The van der Waals surface area contributed by atoms with E-state index in [0.717, 1.165) is 5.56 Å². The number of Topliss-reactive ketones (excluding diaryl/α,β-unsaturated/α-hetero) is 2. The molecule has 2 aromatic carbocycles. The first-order chi connectivity index (χ1) is 18.5. The second kappa shape index (κ2) is 13.5. The minimum Gasteiger partial charge on any atom is -0.547 e. The van der Waals surface area contributed by atoms with Crippen LogP contribution in [0.2, 0.25) is 0 Å². The Bertz CT molecular complexity index is 1180. The van der Waals surface area contributed by atoms with Gasteiger partial charge in [0.1, 0.15) is 41.7 Å². The minimum absolute atomic E-state index is 0.0260. The lowest BCUT2D eigenvalue weighted by Crippen LogP contribution is -2.63. The summed E-state index contributed by atoms with van der Waals surface area (Å²) in [5.74, 6) is -2.07. The van der Waals surface area contributed by atoms with Gasteiger partial charge in [0.05, 0.1) is 26.1 Å². The first-order valence-electron chi connectivity index (χ1n) is 12.2. The van der Waals surface area contributed by atoms with Gasteiger partial charge in [-0.25, -0.2) is 0 Å². The molecule has 1 aliphatic heterocycles. The number of aliphatic hydroxyl groups is 4. The van der Waals surface area contributed by atoms with Crippen LogP contribution in [0, 0.1) is 0 Å². The number of methoxy groups -OCH3 is 1. The molecule has 0 radical (unpaired) electrons. The smallest absolute Gasteiger partial charge is 0.229 e. The van der Waals surface area contributed by atoms with Crippen molar-refractivity contribution >= 4 is 17.5 Å². The number of benzene rings is 2. The number of hydrogen-bond acceptors (Lipinski definition) is 12. The number of rotatable bonds is 13. The average molecular weight is 548 g/mol. The molecular weight excluding hydrogens is 516 g/mol. The Morgan fingerprint density at radius 3 is 2.10 bits per heavy atom. The maximum absolute atomic E-state index is 12.4. The number of aromatic hydroxyl groups is 1. The first-order valence-corrected chi connectivity index (χ1v) is 12.2. The second-order valence-electron chi connectivity index (χ2n) is 9.19. The predicted molar refractivity (Wildman–Crippen MR) is 131 cm³/mol. The largest absolute Gasteiger partial charge is 0.547 e. The molecule has 39 heavy (non-hydrogen) atoms. The number of ether oxygens (including phenoxy) is 3. The lowest BCUT2D eigenvalue weighted by Gasteiger charge is -2.40. The molecule has 212 valence electrons. The van der Waals surface area contributed by atoms with E-state index in [1.165, 1.54) is 19.2 Å². The summed E-state index contributed by atoms with van der Waals surface area (Å²) in [6.45, 7) is -0.323. The van der Waals surface area contributed by atoms with Crippen LogP contribution in [0.3, 0.4) is 0 Å². The van der Waals surface area contributed by atoms with Gasteiger partial charge in [-0.2, -0.15) is 0 Å². The molecule has 1 aliphatic rings. The number of aliphatic carboxylic acids is 1. The Morgan fingerprint density at radius 2 is 1.51 bits per heavy atom.